The van der Waals surface area contributed by atoms with Crippen molar-refractivity contribution in [3.05, 3.63) is 32.8 Å². The molecule has 0 aliphatic heterocycles. The van der Waals surface area contributed by atoms with E-state index in [-0.39, 0.29) is 0 Å². The molecule has 2 rings (SSSR count). The molecular weight excluding hydrogens is 380 g/mol. The molecule has 1 aromatic heterocycles. The zero-order valence-electron chi connectivity index (χ0n) is 13.3. The molecule has 6 nitrogen and oxygen atoms in total. The molecule has 0 aliphatic carbocycles. The number of methoxy groups -OCH3 is 1. The van der Waals surface area contributed by atoms with Crippen molar-refractivity contribution in [2.75, 3.05) is 13.7 Å². The Bertz CT molecular complexity index is 754. The fourth-order valence-electron chi connectivity index (χ4n) is 2.05. The van der Waals surface area contributed by atoms with Crippen LogP contribution in [0.5, 0.6) is 11.5 Å². The summed E-state index contributed by atoms with van der Waals surface area (Å²) in [5, 5.41) is 11.4. The van der Waals surface area contributed by atoms with Crippen molar-refractivity contribution in [3.63, 3.8) is 0 Å². The Morgan fingerprint density at radius 3 is 2.87 bits per heavy atom. The summed E-state index contributed by atoms with van der Waals surface area (Å²) in [4.78, 5) is 0. The van der Waals surface area contributed by atoms with E-state index in [1.165, 1.54) is 0 Å². The van der Waals surface area contributed by atoms with E-state index in [9.17, 15) is 0 Å². The van der Waals surface area contributed by atoms with Gasteiger partial charge in [-0.15, -0.1) is 0 Å². The van der Waals surface area contributed by atoms with E-state index in [4.69, 9.17) is 21.7 Å². The van der Waals surface area contributed by atoms with Gasteiger partial charge in [-0.2, -0.15) is 14.9 Å². The number of nitrogens with one attached hydrogen (secondary N) is 1. The Hall–Kier alpha value is -1.67. The molecule has 0 aliphatic rings. The lowest BCUT2D eigenvalue weighted by Crippen LogP contribution is -2.00. The number of nitrogens with zero attached hydrogens (tertiary/aromatic N) is 3. The summed E-state index contributed by atoms with van der Waals surface area (Å²) in [5.74, 6) is 2.14. The molecule has 0 atom stereocenters. The predicted molar refractivity (Wildman–Crippen MR) is 96.3 cm³/mol. The van der Waals surface area contributed by atoms with Gasteiger partial charge < -0.3 is 9.47 Å². The van der Waals surface area contributed by atoms with Gasteiger partial charge in [0.25, 0.3) is 0 Å². The summed E-state index contributed by atoms with van der Waals surface area (Å²) in [6.07, 6.45) is 3.49. The Morgan fingerprint density at radius 1 is 1.43 bits per heavy atom. The van der Waals surface area contributed by atoms with Gasteiger partial charge in [0, 0.05) is 6.42 Å². The van der Waals surface area contributed by atoms with Gasteiger partial charge in [-0.3, -0.25) is 5.10 Å². The van der Waals surface area contributed by atoms with E-state index >= 15 is 0 Å². The van der Waals surface area contributed by atoms with Gasteiger partial charge in [-0.05, 0) is 59.2 Å². The van der Waals surface area contributed by atoms with Gasteiger partial charge in [0.1, 0.15) is 0 Å². The minimum Gasteiger partial charge on any atom is -0.493 e. The van der Waals surface area contributed by atoms with Crippen molar-refractivity contribution >= 4 is 34.4 Å². The zero-order valence-corrected chi connectivity index (χ0v) is 15.7. The first-order valence-electron chi connectivity index (χ1n) is 7.31. The number of halogens is 1. The van der Waals surface area contributed by atoms with Crippen LogP contribution in [0, 0.1) is 4.77 Å². The highest BCUT2D eigenvalue weighted by molar-refractivity contribution is 9.10. The summed E-state index contributed by atoms with van der Waals surface area (Å²) in [6, 6.07) is 3.78. The summed E-state index contributed by atoms with van der Waals surface area (Å²) in [6.45, 7) is 4.57. The Balaban J connectivity index is 2.35. The molecule has 0 bridgehead atoms. The van der Waals surface area contributed by atoms with E-state index < -0.39 is 0 Å². The minimum absolute atomic E-state index is 0.474. The van der Waals surface area contributed by atoms with E-state index in [1.54, 1.807) is 18.0 Å². The molecule has 0 spiro atoms. The van der Waals surface area contributed by atoms with Crippen LogP contribution in [-0.4, -0.2) is 34.8 Å². The molecule has 1 aromatic carbocycles. The Morgan fingerprint density at radius 2 is 2.22 bits per heavy atom. The van der Waals surface area contributed by atoms with Crippen LogP contribution in [0.3, 0.4) is 0 Å². The lowest BCUT2D eigenvalue weighted by molar-refractivity contribution is 0.309. The number of ether oxygens (including phenoxy) is 2. The number of hydrogen-bond donors (Lipinski definition) is 1. The topological polar surface area (TPSA) is 64.4 Å². The third-order valence-electron chi connectivity index (χ3n) is 3.05. The number of hydrogen-bond acceptors (Lipinski definition) is 5. The third kappa shape index (κ3) is 4.20. The summed E-state index contributed by atoms with van der Waals surface area (Å²) >= 11 is 8.71. The predicted octanol–water partition coefficient (Wildman–Crippen LogP) is 3.95. The SMILES string of the molecule is CCCc1n[nH]c(=S)n1/N=C\c1cc(Br)c(OCC)c(OC)c1. The van der Waals surface area contributed by atoms with Crippen molar-refractivity contribution in [2.45, 2.75) is 26.7 Å². The number of H-pyrrole nitrogens is 1. The van der Waals surface area contributed by atoms with Gasteiger partial charge in [0.15, 0.2) is 17.3 Å². The standard InChI is InChI=1S/C15H19BrN4O2S/c1-4-6-13-18-19-15(23)20(13)17-9-10-7-11(16)14(22-5-2)12(8-10)21-3/h7-9H,4-6H2,1-3H3,(H,19,23)/b17-9-. The molecule has 2 aromatic rings. The molecule has 8 heteroatoms. The summed E-state index contributed by atoms with van der Waals surface area (Å²) in [7, 11) is 1.61. The van der Waals surface area contributed by atoms with Crippen molar-refractivity contribution in [3.8, 4) is 11.5 Å². The number of aryl methyl sites for hydroxylation is 1. The van der Waals surface area contributed by atoms with Crippen LogP contribution in [0.2, 0.25) is 0 Å². The van der Waals surface area contributed by atoms with Gasteiger partial charge in [-0.1, -0.05) is 6.92 Å². The van der Waals surface area contributed by atoms with Crippen molar-refractivity contribution < 1.29 is 9.47 Å². The van der Waals surface area contributed by atoms with Crippen LogP contribution in [0.25, 0.3) is 0 Å². The highest BCUT2D eigenvalue weighted by Gasteiger charge is 2.11. The van der Waals surface area contributed by atoms with Crippen molar-refractivity contribution in [1.82, 2.24) is 14.9 Å². The first kappa shape index (κ1) is 17.7. The largest absolute Gasteiger partial charge is 0.493 e. The van der Waals surface area contributed by atoms with E-state index in [0.717, 1.165) is 28.7 Å². The molecule has 0 saturated carbocycles. The number of rotatable bonds is 7. The molecule has 0 amide bonds. The molecule has 0 saturated heterocycles. The maximum atomic E-state index is 5.58. The molecular formula is C15H19BrN4O2S. The molecule has 1 heterocycles. The summed E-state index contributed by atoms with van der Waals surface area (Å²) in [5.41, 5.74) is 0.864. The van der Waals surface area contributed by atoms with Crippen LogP contribution < -0.4 is 9.47 Å². The highest BCUT2D eigenvalue weighted by atomic mass is 79.9. The average molecular weight is 399 g/mol. The summed E-state index contributed by atoms with van der Waals surface area (Å²) < 4.78 is 13.9. The monoisotopic (exact) mass is 398 g/mol. The lowest BCUT2D eigenvalue weighted by Gasteiger charge is -2.12. The maximum Gasteiger partial charge on any atom is 0.216 e. The average Bonchev–Trinajstić information content (AvgIpc) is 2.88. The quantitative estimate of drug-likeness (QED) is 0.566. The number of aromatic nitrogens is 3. The molecule has 23 heavy (non-hydrogen) atoms. The fourth-order valence-corrected chi connectivity index (χ4v) is 2.82. The smallest absolute Gasteiger partial charge is 0.216 e. The van der Waals surface area contributed by atoms with Crippen LogP contribution in [-0.2, 0) is 6.42 Å². The molecule has 0 fully saturated rings. The van der Waals surface area contributed by atoms with Crippen LogP contribution in [0.4, 0.5) is 0 Å². The fraction of sp³-hybridized carbons (Fsp3) is 0.400. The van der Waals surface area contributed by atoms with Crippen LogP contribution >= 0.6 is 28.1 Å². The van der Waals surface area contributed by atoms with E-state index in [1.807, 2.05) is 19.1 Å². The van der Waals surface area contributed by atoms with E-state index in [0.29, 0.717) is 22.9 Å². The van der Waals surface area contributed by atoms with Gasteiger partial charge >= 0.3 is 0 Å². The second-order valence-corrected chi connectivity index (χ2v) is 5.96. The second-order valence-electron chi connectivity index (χ2n) is 4.72. The highest BCUT2D eigenvalue weighted by Crippen LogP contribution is 2.36. The number of aromatic amines is 1. The minimum atomic E-state index is 0.474. The lowest BCUT2D eigenvalue weighted by atomic mass is 10.2. The molecule has 0 radical (unpaired) electrons. The third-order valence-corrected chi connectivity index (χ3v) is 3.91. The first-order chi connectivity index (χ1) is 11.1. The maximum absolute atomic E-state index is 5.58. The second kappa shape index (κ2) is 8.26. The van der Waals surface area contributed by atoms with Gasteiger partial charge in [0.05, 0.1) is 24.4 Å². The first-order valence-corrected chi connectivity index (χ1v) is 8.51. The van der Waals surface area contributed by atoms with Crippen molar-refractivity contribution in [1.29, 1.82) is 0 Å². The van der Waals surface area contributed by atoms with Crippen molar-refractivity contribution in [2.24, 2.45) is 5.10 Å². The molecule has 0 unspecified atom stereocenters. The van der Waals surface area contributed by atoms with Gasteiger partial charge in [-0.25, -0.2) is 0 Å². The van der Waals surface area contributed by atoms with Crippen LogP contribution in [0.15, 0.2) is 21.7 Å². The zero-order chi connectivity index (χ0) is 16.8. The Kier molecular flexibility index (Phi) is 6.35. The normalized spacial score (nSPS) is 11.1. The van der Waals surface area contributed by atoms with Crippen LogP contribution in [0.1, 0.15) is 31.7 Å². The van der Waals surface area contributed by atoms with Gasteiger partial charge in [0.2, 0.25) is 4.77 Å². The number of benzene rings is 1. The van der Waals surface area contributed by atoms with E-state index in [2.05, 4.69) is 38.2 Å². The molecule has 124 valence electrons. The Labute approximate surface area is 148 Å². The molecule has 1 N–H and O–H groups in total.